The van der Waals surface area contributed by atoms with Crippen LogP contribution in [0.3, 0.4) is 0 Å². The van der Waals surface area contributed by atoms with Crippen molar-refractivity contribution < 1.29 is 33.5 Å². The summed E-state index contributed by atoms with van der Waals surface area (Å²) >= 11 is 1.58. The van der Waals surface area contributed by atoms with Crippen LogP contribution in [0.25, 0.3) is 0 Å². The second-order valence-corrected chi connectivity index (χ2v) is 2.45. The average molecular weight is 402 g/mol. The van der Waals surface area contributed by atoms with Gasteiger partial charge in [0.25, 0.3) is 0 Å². The zero-order valence-electron chi connectivity index (χ0n) is 11.2. The molecule has 0 bridgehead atoms. The molecule has 0 saturated heterocycles. The van der Waals surface area contributed by atoms with Crippen LogP contribution in [0.5, 0.6) is 0 Å². The molecule has 6 heteroatoms. The SMILES string of the molecule is Cl.Cl.OCCO.[C-]1=CC=CC1.[C-]1=CC=CC1.[CH3-].[SiH2]=[Zr]. The molecule has 0 heterocycles. The fourth-order valence-corrected chi connectivity index (χ4v) is 0.680. The van der Waals surface area contributed by atoms with E-state index in [1.807, 2.05) is 31.2 Å². The van der Waals surface area contributed by atoms with E-state index in [2.05, 4.69) is 24.3 Å². The van der Waals surface area contributed by atoms with Crippen LogP contribution in [0.2, 0.25) is 0 Å². The fraction of sp³-hybridized carbons (Fsp3) is 0.308. The summed E-state index contributed by atoms with van der Waals surface area (Å²) in [5.74, 6) is 0. The molecule has 0 radical (unpaired) electrons. The van der Waals surface area contributed by atoms with Crippen molar-refractivity contribution in [3.8, 4) is 0 Å². The van der Waals surface area contributed by atoms with Crippen LogP contribution in [-0.2, 0) is 23.3 Å². The van der Waals surface area contributed by atoms with Crippen molar-refractivity contribution in [2.75, 3.05) is 13.2 Å². The molecule has 0 atom stereocenters. The van der Waals surface area contributed by atoms with E-state index in [4.69, 9.17) is 10.2 Å². The first-order chi connectivity index (χ1) is 7.91. The van der Waals surface area contributed by atoms with Gasteiger partial charge in [-0.05, 0) is 0 Å². The van der Waals surface area contributed by atoms with Gasteiger partial charge in [0.05, 0.1) is 13.2 Å². The quantitative estimate of drug-likeness (QED) is 0.521. The van der Waals surface area contributed by atoms with E-state index in [-0.39, 0.29) is 45.5 Å². The zero-order valence-corrected chi connectivity index (χ0v) is 16.7. The summed E-state index contributed by atoms with van der Waals surface area (Å²) in [6.07, 6.45) is 20.0. The summed E-state index contributed by atoms with van der Waals surface area (Å²) in [7, 11) is 0. The molecule has 2 aliphatic rings. The third-order valence-electron chi connectivity index (χ3n) is 1.27. The van der Waals surface area contributed by atoms with Crippen LogP contribution in [0, 0.1) is 19.6 Å². The molecule has 19 heavy (non-hydrogen) atoms. The molecule has 2 aliphatic carbocycles. The van der Waals surface area contributed by atoms with E-state index in [9.17, 15) is 0 Å². The first-order valence-electron chi connectivity index (χ1n) is 4.92. The van der Waals surface area contributed by atoms with E-state index >= 15 is 0 Å². The second-order valence-electron chi connectivity index (χ2n) is 2.45. The number of aliphatic hydroxyl groups is 2. The molecule has 2 nitrogen and oxygen atoms in total. The van der Waals surface area contributed by atoms with Crippen molar-refractivity contribution in [2.24, 2.45) is 0 Å². The Hall–Kier alpha value is 0.560. The normalized spacial score (nSPS) is 11.0. The van der Waals surface area contributed by atoms with Gasteiger partial charge >= 0.3 is 30.2 Å². The van der Waals surface area contributed by atoms with Gasteiger partial charge in [0.15, 0.2) is 0 Å². The maximum absolute atomic E-state index is 7.62. The van der Waals surface area contributed by atoms with E-state index < -0.39 is 0 Å². The first-order valence-corrected chi connectivity index (χ1v) is 10.8. The van der Waals surface area contributed by atoms with E-state index in [1.54, 1.807) is 23.3 Å². The number of aliphatic hydroxyl groups excluding tert-OH is 2. The van der Waals surface area contributed by atoms with Gasteiger partial charge in [-0.1, -0.05) is 0 Å². The average Bonchev–Trinajstić information content (AvgIpc) is 3.07. The molecule has 0 aliphatic heterocycles. The number of hydrogen-bond acceptors (Lipinski definition) is 2. The summed E-state index contributed by atoms with van der Waals surface area (Å²) in [5, 5.41) is 15.2. The van der Waals surface area contributed by atoms with Gasteiger partial charge in [0, 0.05) is 0 Å². The molecule has 0 saturated carbocycles. The van der Waals surface area contributed by atoms with Crippen LogP contribution < -0.4 is 0 Å². The van der Waals surface area contributed by atoms with Crippen molar-refractivity contribution in [1.82, 2.24) is 0 Å². The summed E-state index contributed by atoms with van der Waals surface area (Å²) < 4.78 is 0. The Kier molecular flexibility index (Phi) is 60.7. The molecule has 112 valence electrons. The first kappa shape index (κ1) is 31.8. The minimum atomic E-state index is -0.125. The number of halogens is 2. The molecular weight excluding hydrogens is 378 g/mol. The number of rotatable bonds is 1. The summed E-state index contributed by atoms with van der Waals surface area (Å²) in [4.78, 5) is 0. The predicted molar refractivity (Wildman–Crippen MR) is 86.8 cm³/mol. The van der Waals surface area contributed by atoms with Gasteiger partial charge in [-0.15, -0.1) is 37.7 Å². The molecule has 2 rings (SSSR count). The summed E-state index contributed by atoms with van der Waals surface area (Å²) in [6.45, 7) is 1.70. The van der Waals surface area contributed by atoms with Crippen molar-refractivity contribution in [3.05, 3.63) is 56.0 Å². The van der Waals surface area contributed by atoms with E-state index in [0.717, 1.165) is 12.8 Å². The van der Waals surface area contributed by atoms with Gasteiger partial charge in [0.2, 0.25) is 0 Å². The monoisotopic (exact) mass is 399 g/mol. The van der Waals surface area contributed by atoms with Gasteiger partial charge < -0.3 is 17.6 Å². The third kappa shape index (κ3) is 38.1. The Bertz CT molecular complexity index is 201. The molecular formula is C13H23Cl2O2SiZr-3. The van der Waals surface area contributed by atoms with E-state index in [0.29, 0.717) is 0 Å². The number of allylic oxidation sites excluding steroid dienone is 8. The Morgan fingerprint density at radius 2 is 1.21 bits per heavy atom. The van der Waals surface area contributed by atoms with Gasteiger partial charge in [-0.2, -0.15) is 12.2 Å². The van der Waals surface area contributed by atoms with Gasteiger partial charge in [-0.25, -0.2) is 24.3 Å². The standard InChI is InChI=1S/2C5H5.C2H6O2.CH3.2ClH.H2Si.Zr/c2*1-2-4-5-3-1;3-1-2-4;;;;;/h2*1-3H,4H2;3-4H,1-2H2;1H3;2*1H;1H2;/q2*-1;;-1;;;;. The molecule has 0 amide bonds. The molecule has 0 unspecified atom stereocenters. The van der Waals surface area contributed by atoms with Crippen molar-refractivity contribution >= 4 is 31.7 Å². The topological polar surface area (TPSA) is 40.5 Å². The van der Waals surface area contributed by atoms with Crippen molar-refractivity contribution in [1.29, 1.82) is 0 Å². The number of hydrogen-bond donors (Lipinski definition) is 2. The van der Waals surface area contributed by atoms with Gasteiger partial charge in [0.1, 0.15) is 0 Å². The molecule has 2 N–H and O–H groups in total. The fourth-order valence-electron chi connectivity index (χ4n) is 0.680. The van der Waals surface area contributed by atoms with Crippen LogP contribution in [0.4, 0.5) is 0 Å². The van der Waals surface area contributed by atoms with E-state index in [1.165, 1.54) is 0 Å². The van der Waals surface area contributed by atoms with Crippen LogP contribution in [0.15, 0.2) is 36.5 Å². The van der Waals surface area contributed by atoms with Crippen molar-refractivity contribution in [3.63, 3.8) is 0 Å². The second kappa shape index (κ2) is 36.3. The summed E-state index contributed by atoms with van der Waals surface area (Å²) in [6, 6.07) is 0. The van der Waals surface area contributed by atoms with Crippen LogP contribution in [-0.4, -0.2) is 30.3 Å². The maximum atomic E-state index is 7.62. The molecule has 0 aromatic heterocycles. The molecule has 0 spiro atoms. The molecule has 0 fully saturated rings. The minimum absolute atomic E-state index is 0. The Labute approximate surface area is 146 Å². The van der Waals surface area contributed by atoms with Gasteiger partial charge in [-0.3, -0.25) is 12.2 Å². The molecule has 0 aromatic rings. The predicted octanol–water partition coefficient (Wildman–Crippen LogP) is 1.96. The van der Waals surface area contributed by atoms with Crippen molar-refractivity contribution in [2.45, 2.75) is 12.8 Å². The van der Waals surface area contributed by atoms with Crippen LogP contribution >= 0.6 is 24.8 Å². The molecule has 0 aromatic carbocycles. The summed E-state index contributed by atoms with van der Waals surface area (Å²) in [5.41, 5.74) is 0. The third-order valence-corrected chi connectivity index (χ3v) is 1.27. The Balaban J connectivity index is -0.0000000454. The zero-order chi connectivity index (χ0) is 12.5. The Morgan fingerprint density at radius 1 is 0.895 bits per heavy atom. The Morgan fingerprint density at radius 3 is 1.26 bits per heavy atom. The van der Waals surface area contributed by atoms with Crippen LogP contribution in [0.1, 0.15) is 12.8 Å².